The van der Waals surface area contributed by atoms with Gasteiger partial charge in [0, 0.05) is 21.2 Å². The third-order valence-corrected chi connectivity index (χ3v) is 5.73. The lowest BCUT2D eigenvalue weighted by molar-refractivity contribution is -0.122. The molecule has 0 aliphatic rings. The molecule has 0 aliphatic heterocycles. The first-order chi connectivity index (χ1) is 17.8. The van der Waals surface area contributed by atoms with E-state index in [1.807, 2.05) is 6.92 Å². The van der Waals surface area contributed by atoms with E-state index >= 15 is 0 Å². The van der Waals surface area contributed by atoms with E-state index in [1.165, 1.54) is 6.21 Å². The van der Waals surface area contributed by atoms with Gasteiger partial charge in [-0.25, -0.2) is 5.43 Å². The Morgan fingerprint density at radius 3 is 2.43 bits per heavy atom. The quantitative estimate of drug-likeness (QED) is 0.254. The molecule has 0 radical (unpaired) electrons. The fourth-order valence-corrected chi connectivity index (χ4v) is 3.60. The molecule has 0 fully saturated rings. The first-order valence-corrected chi connectivity index (χ1v) is 12.2. The summed E-state index contributed by atoms with van der Waals surface area (Å²) in [7, 11) is 1.54. The van der Waals surface area contributed by atoms with Crippen LogP contribution in [0.15, 0.2) is 65.8 Å². The topological polar surface area (TPSA) is 98.2 Å². The largest absolute Gasteiger partial charge is 0.497 e. The van der Waals surface area contributed by atoms with Crippen LogP contribution in [0.25, 0.3) is 0 Å². The first kappa shape index (κ1) is 27.8. The predicted octanol–water partition coefficient (Wildman–Crippen LogP) is 5.25. The number of nitrogens with one attached hydrogen (secondary N) is 2. The van der Waals surface area contributed by atoms with Crippen LogP contribution in [0.2, 0.25) is 10.0 Å². The van der Waals surface area contributed by atoms with Crippen molar-refractivity contribution in [3.8, 4) is 17.2 Å². The van der Waals surface area contributed by atoms with Crippen LogP contribution in [0.5, 0.6) is 17.2 Å². The highest BCUT2D eigenvalue weighted by molar-refractivity contribution is 6.35. The van der Waals surface area contributed by atoms with Gasteiger partial charge in [-0.2, -0.15) is 5.10 Å². The van der Waals surface area contributed by atoms with Crippen molar-refractivity contribution in [2.24, 2.45) is 5.10 Å². The van der Waals surface area contributed by atoms with Crippen molar-refractivity contribution in [3.63, 3.8) is 0 Å². The Morgan fingerprint density at radius 2 is 1.76 bits per heavy atom. The van der Waals surface area contributed by atoms with Crippen molar-refractivity contribution in [3.05, 3.63) is 87.4 Å². The molecule has 0 heterocycles. The van der Waals surface area contributed by atoms with Crippen molar-refractivity contribution in [2.45, 2.75) is 26.5 Å². The number of rotatable bonds is 11. The van der Waals surface area contributed by atoms with Crippen LogP contribution in [0.1, 0.15) is 35.3 Å². The summed E-state index contributed by atoms with van der Waals surface area (Å²) in [4.78, 5) is 24.7. The summed E-state index contributed by atoms with van der Waals surface area (Å²) in [6.45, 7) is 4.10. The number of methoxy groups -OCH3 is 1. The Balaban J connectivity index is 1.57. The van der Waals surface area contributed by atoms with Crippen LogP contribution < -0.4 is 25.0 Å². The predicted molar refractivity (Wildman–Crippen MR) is 144 cm³/mol. The Kier molecular flexibility index (Phi) is 10.2. The molecule has 0 saturated heterocycles. The lowest BCUT2D eigenvalue weighted by Crippen LogP contribution is -2.43. The highest BCUT2D eigenvalue weighted by Gasteiger charge is 2.16. The molecule has 0 saturated carbocycles. The lowest BCUT2D eigenvalue weighted by Gasteiger charge is -2.14. The van der Waals surface area contributed by atoms with Crippen molar-refractivity contribution in [2.75, 3.05) is 13.7 Å². The molecule has 1 unspecified atom stereocenters. The number of nitrogens with zero attached hydrogens (tertiary/aromatic N) is 1. The molecule has 8 nitrogen and oxygen atoms in total. The van der Waals surface area contributed by atoms with E-state index in [0.29, 0.717) is 45.0 Å². The average Bonchev–Trinajstić information content (AvgIpc) is 2.89. The molecule has 2 amide bonds. The molecule has 0 aliphatic carbocycles. The van der Waals surface area contributed by atoms with Gasteiger partial charge in [-0.3, -0.25) is 9.59 Å². The van der Waals surface area contributed by atoms with Crippen LogP contribution in [0, 0.1) is 0 Å². The van der Waals surface area contributed by atoms with E-state index in [4.69, 9.17) is 37.4 Å². The second-order valence-electron chi connectivity index (χ2n) is 7.82. The smallest absolute Gasteiger partial charge is 0.262 e. The molecular formula is C27H27Cl2N3O5. The average molecular weight is 544 g/mol. The van der Waals surface area contributed by atoms with Gasteiger partial charge < -0.3 is 19.5 Å². The summed E-state index contributed by atoms with van der Waals surface area (Å²) in [5.74, 6) is 0.829. The maximum atomic E-state index is 12.4. The van der Waals surface area contributed by atoms with Gasteiger partial charge in [0.2, 0.25) is 0 Å². The van der Waals surface area contributed by atoms with Gasteiger partial charge in [-0.05, 0) is 74.0 Å². The number of halogens is 2. The Labute approximate surface area is 225 Å². The molecule has 1 atom stereocenters. The highest BCUT2D eigenvalue weighted by Crippen LogP contribution is 2.30. The number of carbonyl (C=O) groups is 2. The molecule has 3 rings (SSSR count). The maximum Gasteiger partial charge on any atom is 0.262 e. The molecule has 0 aromatic heterocycles. The molecule has 3 aromatic rings. The number of amides is 2. The zero-order chi connectivity index (χ0) is 26.8. The van der Waals surface area contributed by atoms with E-state index in [1.54, 1.807) is 74.7 Å². The van der Waals surface area contributed by atoms with Gasteiger partial charge in [0.05, 0.1) is 19.9 Å². The lowest BCUT2D eigenvalue weighted by atomic mass is 10.2. The molecule has 0 spiro atoms. The Hall–Kier alpha value is -3.75. The zero-order valence-electron chi connectivity index (χ0n) is 20.6. The second kappa shape index (κ2) is 13.5. The molecule has 37 heavy (non-hydrogen) atoms. The third kappa shape index (κ3) is 8.13. The summed E-state index contributed by atoms with van der Waals surface area (Å²) in [5, 5.41) is 7.68. The van der Waals surface area contributed by atoms with Gasteiger partial charge in [0.15, 0.2) is 11.5 Å². The number of ether oxygens (including phenoxy) is 3. The van der Waals surface area contributed by atoms with Crippen molar-refractivity contribution < 1.29 is 23.8 Å². The van der Waals surface area contributed by atoms with Gasteiger partial charge in [-0.15, -0.1) is 0 Å². The van der Waals surface area contributed by atoms with Gasteiger partial charge in [0.1, 0.15) is 18.4 Å². The standard InChI is InChI=1S/C27H27Cl2N3O5/c1-4-36-25-13-18(5-12-24(25)37-16-20-6-9-21(28)14-23(20)29)15-30-32-26(33)17(2)31-27(34)19-7-10-22(35-3)11-8-19/h5-15,17H,4,16H2,1-3H3,(H,31,34)(H,32,33). The minimum atomic E-state index is -0.804. The molecule has 10 heteroatoms. The second-order valence-corrected chi connectivity index (χ2v) is 8.67. The number of benzene rings is 3. The van der Waals surface area contributed by atoms with Crippen molar-refractivity contribution >= 4 is 41.2 Å². The summed E-state index contributed by atoms with van der Waals surface area (Å²) in [6.07, 6.45) is 1.47. The fraction of sp³-hybridized carbons (Fsp3) is 0.222. The number of carbonyl (C=O) groups excluding carboxylic acids is 2. The van der Waals surface area contributed by atoms with E-state index in [9.17, 15) is 9.59 Å². The molecule has 194 valence electrons. The highest BCUT2D eigenvalue weighted by atomic mass is 35.5. The number of hydrazone groups is 1. The van der Waals surface area contributed by atoms with Crippen LogP contribution in [-0.2, 0) is 11.4 Å². The fourth-order valence-electron chi connectivity index (χ4n) is 3.14. The Morgan fingerprint density at radius 1 is 1.00 bits per heavy atom. The van der Waals surface area contributed by atoms with Crippen LogP contribution in [0.3, 0.4) is 0 Å². The summed E-state index contributed by atoms with van der Waals surface area (Å²) < 4.78 is 16.7. The van der Waals surface area contributed by atoms with Crippen LogP contribution in [-0.4, -0.2) is 37.8 Å². The zero-order valence-corrected chi connectivity index (χ0v) is 22.1. The first-order valence-electron chi connectivity index (χ1n) is 11.4. The van der Waals surface area contributed by atoms with Crippen LogP contribution >= 0.6 is 23.2 Å². The van der Waals surface area contributed by atoms with Crippen molar-refractivity contribution in [1.29, 1.82) is 0 Å². The molecule has 0 bridgehead atoms. The van der Waals surface area contributed by atoms with Gasteiger partial charge >= 0.3 is 0 Å². The van der Waals surface area contributed by atoms with Gasteiger partial charge in [0.25, 0.3) is 11.8 Å². The van der Waals surface area contributed by atoms with E-state index < -0.39 is 11.9 Å². The maximum absolute atomic E-state index is 12.4. The number of hydrogen-bond donors (Lipinski definition) is 2. The Bertz CT molecular complexity index is 1270. The minimum Gasteiger partial charge on any atom is -0.497 e. The summed E-state index contributed by atoms with van der Waals surface area (Å²) >= 11 is 12.2. The molecule has 3 aromatic carbocycles. The van der Waals surface area contributed by atoms with E-state index in [-0.39, 0.29) is 12.5 Å². The number of hydrogen-bond acceptors (Lipinski definition) is 6. The summed E-state index contributed by atoms with van der Waals surface area (Å²) in [6, 6.07) is 16.2. The van der Waals surface area contributed by atoms with Gasteiger partial charge in [-0.1, -0.05) is 29.3 Å². The van der Waals surface area contributed by atoms with E-state index in [0.717, 1.165) is 5.56 Å². The molecule has 2 N–H and O–H groups in total. The minimum absolute atomic E-state index is 0.236. The normalized spacial score (nSPS) is 11.6. The SMILES string of the molecule is CCOc1cc(C=NNC(=O)C(C)NC(=O)c2ccc(OC)cc2)ccc1OCc1ccc(Cl)cc1Cl. The monoisotopic (exact) mass is 543 g/mol. The summed E-state index contributed by atoms with van der Waals surface area (Å²) in [5.41, 5.74) is 4.30. The molecular weight excluding hydrogens is 517 g/mol. The van der Waals surface area contributed by atoms with Crippen LogP contribution in [0.4, 0.5) is 0 Å². The third-order valence-electron chi connectivity index (χ3n) is 5.15. The van der Waals surface area contributed by atoms with Crippen molar-refractivity contribution in [1.82, 2.24) is 10.7 Å². The van der Waals surface area contributed by atoms with E-state index in [2.05, 4.69) is 15.8 Å².